The van der Waals surface area contributed by atoms with Gasteiger partial charge in [0.2, 0.25) is 11.8 Å². The Morgan fingerprint density at radius 2 is 2.17 bits per heavy atom. The van der Waals surface area contributed by atoms with Crippen LogP contribution >= 0.6 is 0 Å². The lowest BCUT2D eigenvalue weighted by Gasteiger charge is -2.24. The monoisotopic (exact) mass is 255 g/mol. The van der Waals surface area contributed by atoms with E-state index in [1.54, 1.807) is 7.05 Å². The fraction of sp³-hybridized carbons (Fsp3) is 0.846. The van der Waals surface area contributed by atoms with Crippen LogP contribution in [0, 0.1) is 11.3 Å². The van der Waals surface area contributed by atoms with Crippen LogP contribution in [0.3, 0.4) is 0 Å². The van der Waals surface area contributed by atoms with E-state index in [-0.39, 0.29) is 17.7 Å². The van der Waals surface area contributed by atoms with Gasteiger partial charge in [-0.2, -0.15) is 0 Å². The van der Waals surface area contributed by atoms with Gasteiger partial charge in [-0.3, -0.25) is 9.59 Å². The first-order chi connectivity index (χ1) is 8.44. The van der Waals surface area contributed by atoms with Crippen LogP contribution in [0.4, 0.5) is 0 Å². The smallest absolute Gasteiger partial charge is 0.227 e. The van der Waals surface area contributed by atoms with Gasteiger partial charge in [0, 0.05) is 26.1 Å². The van der Waals surface area contributed by atoms with Gasteiger partial charge < -0.3 is 16.0 Å². The first-order valence-corrected chi connectivity index (χ1v) is 6.65. The van der Waals surface area contributed by atoms with Gasteiger partial charge in [-0.15, -0.1) is 0 Å². The fourth-order valence-corrected chi connectivity index (χ4v) is 2.50. The molecule has 1 heterocycles. The molecular weight excluding hydrogens is 230 g/mol. The van der Waals surface area contributed by atoms with E-state index < -0.39 is 5.41 Å². The Bertz CT molecular complexity index is 319. The molecule has 18 heavy (non-hydrogen) atoms. The van der Waals surface area contributed by atoms with E-state index in [2.05, 4.69) is 5.32 Å². The van der Waals surface area contributed by atoms with Crippen molar-refractivity contribution in [3.63, 3.8) is 0 Å². The third-order valence-electron chi connectivity index (χ3n) is 3.82. The SMILES string of the molecule is CNC(=O)C1(C)CCN(C(=O)C(C)CCCN)C1. The summed E-state index contributed by atoms with van der Waals surface area (Å²) in [4.78, 5) is 25.8. The van der Waals surface area contributed by atoms with E-state index >= 15 is 0 Å². The summed E-state index contributed by atoms with van der Waals surface area (Å²) in [5.74, 6) is 0.170. The van der Waals surface area contributed by atoms with Crippen molar-refractivity contribution in [2.24, 2.45) is 17.1 Å². The Morgan fingerprint density at radius 1 is 1.50 bits per heavy atom. The number of nitrogens with one attached hydrogen (secondary N) is 1. The summed E-state index contributed by atoms with van der Waals surface area (Å²) in [6.45, 7) is 5.68. The molecule has 1 aliphatic heterocycles. The molecule has 0 radical (unpaired) electrons. The van der Waals surface area contributed by atoms with Gasteiger partial charge >= 0.3 is 0 Å². The van der Waals surface area contributed by atoms with Crippen LogP contribution in [0.2, 0.25) is 0 Å². The Morgan fingerprint density at radius 3 is 2.72 bits per heavy atom. The molecule has 1 fully saturated rings. The number of hydrogen-bond donors (Lipinski definition) is 2. The average Bonchev–Trinajstić information content (AvgIpc) is 2.77. The lowest BCUT2D eigenvalue weighted by Crippen LogP contribution is -2.41. The quantitative estimate of drug-likeness (QED) is 0.744. The number of nitrogens with two attached hydrogens (primary N) is 1. The van der Waals surface area contributed by atoms with E-state index in [0.717, 1.165) is 19.3 Å². The van der Waals surface area contributed by atoms with Crippen molar-refractivity contribution in [1.82, 2.24) is 10.2 Å². The number of hydrogen-bond acceptors (Lipinski definition) is 3. The van der Waals surface area contributed by atoms with E-state index in [4.69, 9.17) is 5.73 Å². The van der Waals surface area contributed by atoms with Gasteiger partial charge in [0.15, 0.2) is 0 Å². The summed E-state index contributed by atoms with van der Waals surface area (Å²) in [5.41, 5.74) is 5.02. The summed E-state index contributed by atoms with van der Waals surface area (Å²) < 4.78 is 0. The minimum atomic E-state index is -0.433. The minimum absolute atomic E-state index is 0.000544. The fourth-order valence-electron chi connectivity index (χ4n) is 2.50. The molecule has 1 aliphatic rings. The third-order valence-corrected chi connectivity index (χ3v) is 3.82. The maximum absolute atomic E-state index is 12.2. The Balaban J connectivity index is 2.55. The minimum Gasteiger partial charge on any atom is -0.359 e. The molecule has 1 rings (SSSR count). The number of likely N-dealkylation sites (tertiary alicyclic amines) is 1. The molecule has 2 atom stereocenters. The molecule has 0 aromatic carbocycles. The zero-order valence-electron chi connectivity index (χ0n) is 11.7. The molecule has 0 spiro atoms. The maximum Gasteiger partial charge on any atom is 0.227 e. The second-order valence-electron chi connectivity index (χ2n) is 5.48. The predicted molar refractivity (Wildman–Crippen MR) is 70.8 cm³/mol. The van der Waals surface area contributed by atoms with Crippen LogP contribution in [0.25, 0.3) is 0 Å². The van der Waals surface area contributed by atoms with Crippen LogP contribution in [0.1, 0.15) is 33.1 Å². The largest absolute Gasteiger partial charge is 0.359 e. The highest BCUT2D eigenvalue weighted by molar-refractivity contribution is 5.85. The normalized spacial score (nSPS) is 25.0. The number of carbonyl (C=O) groups is 2. The molecule has 5 heteroatoms. The summed E-state index contributed by atoms with van der Waals surface area (Å²) >= 11 is 0. The summed E-state index contributed by atoms with van der Waals surface area (Å²) in [7, 11) is 1.64. The van der Waals surface area contributed by atoms with Crippen LogP contribution in [-0.2, 0) is 9.59 Å². The highest BCUT2D eigenvalue weighted by atomic mass is 16.2. The third kappa shape index (κ3) is 3.22. The molecule has 2 unspecified atom stereocenters. The summed E-state index contributed by atoms with van der Waals surface area (Å²) in [6, 6.07) is 0. The average molecular weight is 255 g/mol. The van der Waals surface area contributed by atoms with Crippen LogP contribution in [0.5, 0.6) is 0 Å². The lowest BCUT2D eigenvalue weighted by molar-refractivity contribution is -0.135. The maximum atomic E-state index is 12.2. The Labute approximate surface area is 109 Å². The van der Waals surface area contributed by atoms with E-state index in [9.17, 15) is 9.59 Å². The zero-order chi connectivity index (χ0) is 13.8. The van der Waals surface area contributed by atoms with Crippen molar-refractivity contribution in [3.05, 3.63) is 0 Å². The van der Waals surface area contributed by atoms with Crippen molar-refractivity contribution in [2.75, 3.05) is 26.7 Å². The van der Waals surface area contributed by atoms with Crippen molar-refractivity contribution < 1.29 is 9.59 Å². The second-order valence-corrected chi connectivity index (χ2v) is 5.48. The lowest BCUT2D eigenvalue weighted by atomic mass is 9.89. The molecule has 3 N–H and O–H groups in total. The highest BCUT2D eigenvalue weighted by Crippen LogP contribution is 2.31. The number of rotatable bonds is 5. The van der Waals surface area contributed by atoms with Crippen LogP contribution < -0.4 is 11.1 Å². The van der Waals surface area contributed by atoms with Crippen molar-refractivity contribution >= 4 is 11.8 Å². The number of nitrogens with zero attached hydrogens (tertiary/aromatic N) is 1. The number of carbonyl (C=O) groups excluding carboxylic acids is 2. The highest BCUT2D eigenvalue weighted by Gasteiger charge is 2.42. The second kappa shape index (κ2) is 6.18. The van der Waals surface area contributed by atoms with E-state index in [1.807, 2.05) is 18.7 Å². The van der Waals surface area contributed by atoms with Gasteiger partial charge in [-0.1, -0.05) is 6.92 Å². The molecule has 5 nitrogen and oxygen atoms in total. The van der Waals surface area contributed by atoms with Gasteiger partial charge in [-0.05, 0) is 32.7 Å². The predicted octanol–water partition coefficient (Wildman–Crippen LogP) is 0.346. The molecule has 2 amide bonds. The van der Waals surface area contributed by atoms with Crippen molar-refractivity contribution in [1.29, 1.82) is 0 Å². The van der Waals surface area contributed by atoms with Gasteiger partial charge in [0.25, 0.3) is 0 Å². The Hall–Kier alpha value is -1.10. The van der Waals surface area contributed by atoms with E-state index in [0.29, 0.717) is 19.6 Å². The van der Waals surface area contributed by atoms with Crippen molar-refractivity contribution in [2.45, 2.75) is 33.1 Å². The molecule has 0 saturated carbocycles. The first kappa shape index (κ1) is 15.0. The molecule has 104 valence electrons. The van der Waals surface area contributed by atoms with Crippen LogP contribution in [0.15, 0.2) is 0 Å². The molecule has 0 bridgehead atoms. The molecule has 0 aliphatic carbocycles. The summed E-state index contributed by atoms with van der Waals surface area (Å²) in [6.07, 6.45) is 2.43. The Kier molecular flexibility index (Phi) is 5.14. The summed E-state index contributed by atoms with van der Waals surface area (Å²) in [5, 5.41) is 2.68. The topological polar surface area (TPSA) is 75.4 Å². The molecular formula is C13H25N3O2. The van der Waals surface area contributed by atoms with Gasteiger partial charge in [0.1, 0.15) is 0 Å². The zero-order valence-corrected chi connectivity index (χ0v) is 11.7. The molecule has 0 aromatic heterocycles. The number of amides is 2. The van der Waals surface area contributed by atoms with Gasteiger partial charge in [0.05, 0.1) is 5.41 Å². The molecule has 1 saturated heterocycles. The van der Waals surface area contributed by atoms with E-state index in [1.165, 1.54) is 0 Å². The standard InChI is InChI=1S/C13H25N3O2/c1-10(5-4-7-14)11(17)16-8-6-13(2,9-16)12(18)15-3/h10H,4-9,14H2,1-3H3,(H,15,18). The first-order valence-electron chi connectivity index (χ1n) is 6.65. The molecule has 0 aromatic rings. The van der Waals surface area contributed by atoms with Crippen molar-refractivity contribution in [3.8, 4) is 0 Å². The van der Waals surface area contributed by atoms with Crippen LogP contribution in [-0.4, -0.2) is 43.4 Å². The van der Waals surface area contributed by atoms with Gasteiger partial charge in [-0.25, -0.2) is 0 Å².